The Morgan fingerprint density at radius 1 is 0.548 bits per heavy atom. The molecule has 420 valence electrons. The number of aliphatic hydroxyl groups is 5. The fraction of sp³-hybridized carbons (Fsp3) is 0.742. The molecule has 0 spiro atoms. The van der Waals surface area contributed by atoms with Gasteiger partial charge in [-0.05, 0) is 89.9 Å². The summed E-state index contributed by atoms with van der Waals surface area (Å²) in [6.07, 6.45) is 53.4. The SMILES string of the molecule is CC/C=C\C/C=C\C/C=C\C/C=C\C/C=C\CCCC(=O)OC1C(OCC(NC(=O)C(O)CCCCCCCC/C=C\CCCCCC)C(O)/C=C/CCCCCCCCCCCCC)OC(CO)C(O)C1O. The van der Waals surface area contributed by atoms with Crippen molar-refractivity contribution in [3.05, 3.63) is 85.1 Å². The fourth-order valence-corrected chi connectivity index (χ4v) is 8.62. The summed E-state index contributed by atoms with van der Waals surface area (Å²) in [5.41, 5.74) is 0. The van der Waals surface area contributed by atoms with Gasteiger partial charge in [0.15, 0.2) is 12.4 Å². The molecule has 1 saturated heterocycles. The number of carbonyl (C=O) groups excluding carboxylic acids is 2. The van der Waals surface area contributed by atoms with Crippen molar-refractivity contribution >= 4 is 11.9 Å². The van der Waals surface area contributed by atoms with Crippen LogP contribution < -0.4 is 5.32 Å². The zero-order valence-corrected chi connectivity index (χ0v) is 46.2. The normalized spacial score (nSPS) is 20.0. The highest BCUT2D eigenvalue weighted by molar-refractivity contribution is 5.80. The maximum absolute atomic E-state index is 13.4. The number of esters is 1. The molecule has 0 radical (unpaired) electrons. The number of allylic oxidation sites excluding steroid dienone is 13. The Morgan fingerprint density at radius 2 is 0.986 bits per heavy atom. The quantitative estimate of drug-likeness (QED) is 0.0195. The van der Waals surface area contributed by atoms with Gasteiger partial charge in [0, 0.05) is 6.42 Å². The Labute approximate surface area is 444 Å². The molecule has 0 aromatic heterocycles. The first-order valence-electron chi connectivity index (χ1n) is 29.4. The van der Waals surface area contributed by atoms with Crippen molar-refractivity contribution < 1.29 is 49.3 Å². The van der Waals surface area contributed by atoms with E-state index < -0.39 is 67.4 Å². The van der Waals surface area contributed by atoms with Gasteiger partial charge in [-0.25, -0.2) is 0 Å². The third-order valence-electron chi connectivity index (χ3n) is 13.3. The van der Waals surface area contributed by atoms with Crippen LogP contribution >= 0.6 is 0 Å². The molecule has 6 N–H and O–H groups in total. The van der Waals surface area contributed by atoms with Crippen molar-refractivity contribution in [3.63, 3.8) is 0 Å². The number of carbonyl (C=O) groups is 2. The topological polar surface area (TPSA) is 175 Å². The van der Waals surface area contributed by atoms with Crippen LogP contribution in [-0.2, 0) is 23.8 Å². The highest BCUT2D eigenvalue weighted by Crippen LogP contribution is 2.26. The van der Waals surface area contributed by atoms with E-state index >= 15 is 0 Å². The average molecular weight is 1030 g/mol. The highest BCUT2D eigenvalue weighted by atomic mass is 16.7. The second-order valence-electron chi connectivity index (χ2n) is 20.0. The molecule has 0 aromatic rings. The Bertz CT molecular complexity index is 1510. The Hall–Kier alpha value is -3.16. The number of aliphatic hydroxyl groups excluding tert-OH is 5. The van der Waals surface area contributed by atoms with Gasteiger partial charge >= 0.3 is 5.97 Å². The van der Waals surface area contributed by atoms with E-state index in [1.165, 1.54) is 89.9 Å². The summed E-state index contributed by atoms with van der Waals surface area (Å²) in [6, 6.07) is -1.04. The number of hydrogen-bond acceptors (Lipinski definition) is 10. The average Bonchev–Trinajstić information content (AvgIpc) is 3.39. The van der Waals surface area contributed by atoms with E-state index in [4.69, 9.17) is 14.2 Å². The fourth-order valence-electron chi connectivity index (χ4n) is 8.62. The van der Waals surface area contributed by atoms with Gasteiger partial charge < -0.3 is 45.1 Å². The molecule has 11 heteroatoms. The zero-order valence-electron chi connectivity index (χ0n) is 46.2. The van der Waals surface area contributed by atoms with E-state index in [0.29, 0.717) is 19.3 Å². The van der Waals surface area contributed by atoms with Gasteiger partial charge in [0.05, 0.1) is 25.4 Å². The van der Waals surface area contributed by atoms with Crippen molar-refractivity contribution in [1.29, 1.82) is 0 Å². The lowest BCUT2D eigenvalue weighted by Gasteiger charge is -2.41. The summed E-state index contributed by atoms with van der Waals surface area (Å²) in [5.74, 6) is -1.26. The molecule has 1 fully saturated rings. The van der Waals surface area contributed by atoms with E-state index in [9.17, 15) is 35.1 Å². The minimum Gasteiger partial charge on any atom is -0.454 e. The number of amides is 1. The Kier molecular flexibility index (Phi) is 46.2. The van der Waals surface area contributed by atoms with Gasteiger partial charge in [0.2, 0.25) is 5.91 Å². The van der Waals surface area contributed by atoms with Crippen molar-refractivity contribution in [2.75, 3.05) is 13.2 Å². The van der Waals surface area contributed by atoms with E-state index in [1.54, 1.807) is 6.08 Å². The van der Waals surface area contributed by atoms with Crippen LogP contribution in [0.1, 0.15) is 233 Å². The molecule has 8 unspecified atom stereocenters. The molecule has 1 heterocycles. The van der Waals surface area contributed by atoms with Crippen molar-refractivity contribution in [2.45, 2.75) is 282 Å². The van der Waals surface area contributed by atoms with Gasteiger partial charge in [-0.2, -0.15) is 0 Å². The van der Waals surface area contributed by atoms with E-state index in [-0.39, 0.29) is 19.4 Å². The summed E-state index contributed by atoms with van der Waals surface area (Å²) in [6.45, 7) is 5.62. The molecule has 1 rings (SSSR count). The number of nitrogens with one attached hydrogen (secondary N) is 1. The summed E-state index contributed by atoms with van der Waals surface area (Å²) in [4.78, 5) is 26.5. The maximum Gasteiger partial charge on any atom is 0.306 e. The first kappa shape index (κ1) is 67.9. The first-order chi connectivity index (χ1) is 35.7. The van der Waals surface area contributed by atoms with E-state index in [1.807, 2.05) is 18.2 Å². The number of ether oxygens (including phenoxy) is 3. The largest absolute Gasteiger partial charge is 0.454 e. The van der Waals surface area contributed by atoms with Gasteiger partial charge in [-0.15, -0.1) is 0 Å². The van der Waals surface area contributed by atoms with Crippen LogP contribution in [0.2, 0.25) is 0 Å². The molecule has 1 amide bonds. The van der Waals surface area contributed by atoms with E-state index in [0.717, 1.165) is 89.9 Å². The molecule has 0 aliphatic carbocycles. The summed E-state index contributed by atoms with van der Waals surface area (Å²) in [7, 11) is 0. The third-order valence-corrected chi connectivity index (χ3v) is 13.3. The predicted octanol–water partition coefficient (Wildman–Crippen LogP) is 13.4. The van der Waals surface area contributed by atoms with Crippen LogP contribution in [0.25, 0.3) is 0 Å². The van der Waals surface area contributed by atoms with Crippen molar-refractivity contribution in [2.24, 2.45) is 0 Å². The zero-order chi connectivity index (χ0) is 53.3. The summed E-state index contributed by atoms with van der Waals surface area (Å²) < 4.78 is 17.5. The second kappa shape index (κ2) is 49.7. The monoisotopic (exact) mass is 1030 g/mol. The molecule has 0 bridgehead atoms. The molecule has 73 heavy (non-hydrogen) atoms. The summed E-state index contributed by atoms with van der Waals surface area (Å²) >= 11 is 0. The lowest BCUT2D eigenvalue weighted by Crippen LogP contribution is -2.61. The van der Waals surface area contributed by atoms with Crippen LogP contribution in [-0.4, -0.2) is 99.6 Å². The van der Waals surface area contributed by atoms with E-state index in [2.05, 4.69) is 86.8 Å². The van der Waals surface area contributed by atoms with Gasteiger partial charge in [-0.3, -0.25) is 9.59 Å². The summed E-state index contributed by atoms with van der Waals surface area (Å²) in [5, 5.41) is 56.8. The lowest BCUT2D eigenvalue weighted by atomic mass is 9.99. The number of rotatable bonds is 48. The standard InChI is InChI=1S/C62H107NO10/c1-4-7-10-13-16-19-22-25-27-28-29-32-35-38-41-44-47-50-57(67)73-60-59(69)58(68)56(51-64)72-62(60)71-52-53(54(65)48-45-42-39-36-33-30-24-21-18-15-12-9-6-3)63-61(70)55(66)49-46-43-40-37-34-31-26-23-20-17-14-11-8-5-2/h7,10,16,19-20,23,25,27,29,32,38,41,45,48,53-56,58-60,62,64-66,68-69H,4-6,8-9,11-15,17-18,21-22,24,26,28,30-31,33-37,39-40,42-44,46-47,49-52H2,1-3H3,(H,63,70)/b10-7-,19-16-,23-20-,27-25-,32-29-,41-38-,48-45+. The number of unbranched alkanes of at least 4 members (excludes halogenated alkanes) is 22. The minimum absolute atomic E-state index is 0.0416. The van der Waals surface area contributed by atoms with Crippen LogP contribution in [0.4, 0.5) is 0 Å². The van der Waals surface area contributed by atoms with Crippen LogP contribution in [0.3, 0.4) is 0 Å². The molecule has 1 aliphatic heterocycles. The molecule has 11 nitrogen and oxygen atoms in total. The van der Waals surface area contributed by atoms with Crippen LogP contribution in [0.5, 0.6) is 0 Å². The predicted molar refractivity (Wildman–Crippen MR) is 301 cm³/mol. The van der Waals surface area contributed by atoms with Crippen LogP contribution in [0, 0.1) is 0 Å². The van der Waals surface area contributed by atoms with Gasteiger partial charge in [0.25, 0.3) is 0 Å². The molecule has 8 atom stereocenters. The minimum atomic E-state index is -1.64. The molecule has 1 aliphatic rings. The Morgan fingerprint density at radius 3 is 1.51 bits per heavy atom. The van der Waals surface area contributed by atoms with Crippen molar-refractivity contribution in [1.82, 2.24) is 5.32 Å². The van der Waals surface area contributed by atoms with Gasteiger partial charge in [-0.1, -0.05) is 221 Å². The van der Waals surface area contributed by atoms with Gasteiger partial charge in [0.1, 0.15) is 24.4 Å². The number of hydrogen-bond donors (Lipinski definition) is 6. The molecular weight excluding hydrogens is 919 g/mol. The first-order valence-corrected chi connectivity index (χ1v) is 29.4. The maximum atomic E-state index is 13.4. The molecule has 0 aromatic carbocycles. The molecular formula is C62H107NO10. The highest BCUT2D eigenvalue weighted by Gasteiger charge is 2.47. The Balaban J connectivity index is 2.77. The molecule has 0 saturated carbocycles. The van der Waals surface area contributed by atoms with Crippen molar-refractivity contribution in [3.8, 4) is 0 Å². The second-order valence-corrected chi connectivity index (χ2v) is 20.0. The lowest BCUT2D eigenvalue weighted by molar-refractivity contribution is -0.305. The third kappa shape index (κ3) is 38.1. The smallest absolute Gasteiger partial charge is 0.306 e. The van der Waals surface area contributed by atoms with Crippen LogP contribution in [0.15, 0.2) is 85.1 Å².